The minimum Gasteiger partial charge on any atom is -0.489 e. The van der Waals surface area contributed by atoms with Gasteiger partial charge in [0, 0.05) is 31.4 Å². The number of nitriles is 1. The summed E-state index contributed by atoms with van der Waals surface area (Å²) < 4.78 is 80.9. The summed E-state index contributed by atoms with van der Waals surface area (Å²) in [5.41, 5.74) is -3.24. The Labute approximate surface area is 234 Å². The third-order valence-electron chi connectivity index (χ3n) is 7.44. The number of aromatic nitrogens is 1. The van der Waals surface area contributed by atoms with Crippen molar-refractivity contribution in [1.82, 2.24) is 9.88 Å². The Hall–Kier alpha value is -3.03. The van der Waals surface area contributed by atoms with E-state index >= 15 is 4.39 Å². The second kappa shape index (κ2) is 10.4. The molecule has 3 fully saturated rings. The lowest BCUT2D eigenvalue weighted by Crippen LogP contribution is -2.55. The van der Waals surface area contributed by atoms with Gasteiger partial charge < -0.3 is 9.64 Å². The number of carbonyl (C=O) groups excluding carboxylic acids is 1. The minimum absolute atomic E-state index is 0.0212. The standard InChI is InChI=1S/C25H25F4N5O4S2/c26-19-13-16(2-3-21(19)38-9-6-32-7-10-40(36,37)11-8-32)34-23(39)33(22(35)24(34)4-1-5-24)17-12-18(25(27,28)29)20(14-30)31-15-17/h2-3,12-13,15,36-37H,1,4-11H2. The van der Waals surface area contributed by atoms with Crippen molar-refractivity contribution in [3.63, 3.8) is 0 Å². The van der Waals surface area contributed by atoms with Crippen LogP contribution in [0, 0.1) is 17.1 Å². The van der Waals surface area contributed by atoms with Crippen LogP contribution in [-0.4, -0.2) is 73.3 Å². The maximum absolute atomic E-state index is 15.1. The molecule has 0 atom stereocenters. The SMILES string of the molecule is N#Cc1ncc(N2C(=O)C3(CCC3)N(c3ccc(OCCN4CCS(O)(O)CC4)c(F)c3)C2=S)cc1C(F)(F)F. The molecule has 0 unspecified atom stereocenters. The lowest BCUT2D eigenvalue weighted by molar-refractivity contribution is -0.138. The Kier molecular flexibility index (Phi) is 7.42. The summed E-state index contributed by atoms with van der Waals surface area (Å²) in [7, 11) is -2.51. The van der Waals surface area contributed by atoms with E-state index in [4.69, 9.17) is 22.2 Å². The van der Waals surface area contributed by atoms with E-state index < -0.39 is 45.3 Å². The molecule has 1 aliphatic carbocycles. The number of amides is 1. The van der Waals surface area contributed by atoms with Gasteiger partial charge in [0.15, 0.2) is 22.4 Å². The van der Waals surface area contributed by atoms with Crippen molar-refractivity contribution in [1.29, 1.82) is 5.26 Å². The van der Waals surface area contributed by atoms with Gasteiger partial charge >= 0.3 is 6.18 Å². The van der Waals surface area contributed by atoms with Crippen molar-refractivity contribution >= 4 is 45.2 Å². The quantitative estimate of drug-likeness (QED) is 0.363. The molecule has 1 spiro atoms. The van der Waals surface area contributed by atoms with Crippen LogP contribution in [0.3, 0.4) is 0 Å². The predicted molar refractivity (Wildman–Crippen MR) is 144 cm³/mol. The number of rotatable bonds is 6. The highest BCUT2D eigenvalue weighted by atomic mass is 32.3. The lowest BCUT2D eigenvalue weighted by Gasteiger charge is -2.43. The second-order valence-electron chi connectivity index (χ2n) is 9.86. The highest BCUT2D eigenvalue weighted by Gasteiger charge is 2.60. The van der Waals surface area contributed by atoms with Crippen LogP contribution in [0.5, 0.6) is 5.75 Å². The minimum atomic E-state index is -4.87. The number of halogens is 4. The maximum Gasteiger partial charge on any atom is 0.419 e. The van der Waals surface area contributed by atoms with Crippen LogP contribution in [0.4, 0.5) is 28.9 Å². The fraction of sp³-hybridized carbons (Fsp3) is 0.440. The molecule has 15 heteroatoms. The largest absolute Gasteiger partial charge is 0.489 e. The molecular formula is C25H25F4N5O4S2. The highest BCUT2D eigenvalue weighted by Crippen LogP contribution is 2.48. The normalized spacial score (nSPS) is 21.3. The van der Waals surface area contributed by atoms with Gasteiger partial charge in [-0.2, -0.15) is 29.0 Å². The topological polar surface area (TPSA) is 113 Å². The first kappa shape index (κ1) is 28.5. The molecule has 214 valence electrons. The molecular weight excluding hydrogens is 574 g/mol. The molecule has 2 N–H and O–H groups in total. The third-order valence-corrected chi connectivity index (χ3v) is 9.48. The second-order valence-corrected chi connectivity index (χ2v) is 12.6. The number of pyridine rings is 1. The Morgan fingerprint density at radius 3 is 2.45 bits per heavy atom. The smallest absolute Gasteiger partial charge is 0.419 e. The Bertz CT molecular complexity index is 1390. The molecule has 1 amide bonds. The molecule has 3 heterocycles. The van der Waals surface area contributed by atoms with E-state index in [1.165, 1.54) is 29.2 Å². The van der Waals surface area contributed by atoms with Gasteiger partial charge in [0.05, 0.1) is 29.0 Å². The number of anilines is 2. The van der Waals surface area contributed by atoms with Crippen molar-refractivity contribution in [2.24, 2.45) is 0 Å². The molecule has 1 aromatic heterocycles. The number of hydrogen-bond acceptors (Lipinski definition) is 8. The molecule has 2 aromatic rings. The number of benzene rings is 1. The highest BCUT2D eigenvalue weighted by molar-refractivity contribution is 8.24. The van der Waals surface area contributed by atoms with Gasteiger partial charge in [-0.3, -0.25) is 23.7 Å². The molecule has 0 bridgehead atoms. The average Bonchev–Trinajstić information content (AvgIpc) is 3.11. The number of thiocarbonyl (C=S) groups is 1. The number of hydrogen-bond donors (Lipinski definition) is 2. The van der Waals surface area contributed by atoms with Crippen LogP contribution in [0.15, 0.2) is 30.5 Å². The fourth-order valence-electron chi connectivity index (χ4n) is 5.11. The van der Waals surface area contributed by atoms with E-state index in [2.05, 4.69) is 4.98 Å². The molecule has 1 aromatic carbocycles. The van der Waals surface area contributed by atoms with E-state index in [9.17, 15) is 27.1 Å². The molecule has 2 aliphatic heterocycles. The molecule has 1 saturated carbocycles. The summed E-state index contributed by atoms with van der Waals surface area (Å²) >= 11 is 5.55. The summed E-state index contributed by atoms with van der Waals surface area (Å²) in [5.74, 6) is -0.680. The van der Waals surface area contributed by atoms with E-state index in [1.54, 1.807) is 0 Å². The Morgan fingerprint density at radius 1 is 1.18 bits per heavy atom. The molecule has 3 aliphatic rings. The van der Waals surface area contributed by atoms with E-state index in [0.717, 1.165) is 11.1 Å². The maximum atomic E-state index is 15.1. The Balaban J connectivity index is 1.36. The van der Waals surface area contributed by atoms with Crippen molar-refractivity contribution in [2.45, 2.75) is 31.0 Å². The zero-order valence-corrected chi connectivity index (χ0v) is 22.7. The fourth-order valence-corrected chi connectivity index (χ4v) is 6.88. The van der Waals surface area contributed by atoms with Gasteiger partial charge in [0.2, 0.25) is 0 Å². The van der Waals surface area contributed by atoms with Crippen molar-refractivity contribution in [3.8, 4) is 11.8 Å². The van der Waals surface area contributed by atoms with E-state index in [-0.39, 0.29) is 28.8 Å². The monoisotopic (exact) mass is 599 g/mol. The molecule has 0 radical (unpaired) electrons. The van der Waals surface area contributed by atoms with Crippen LogP contribution in [0.1, 0.15) is 30.5 Å². The van der Waals surface area contributed by atoms with Crippen molar-refractivity contribution < 1.29 is 36.2 Å². The van der Waals surface area contributed by atoms with Crippen molar-refractivity contribution in [2.75, 3.05) is 47.5 Å². The lowest BCUT2D eigenvalue weighted by atomic mass is 9.75. The molecule has 9 nitrogen and oxygen atoms in total. The van der Waals surface area contributed by atoms with Gasteiger partial charge in [-0.15, -0.1) is 0 Å². The zero-order chi connectivity index (χ0) is 28.9. The molecule has 2 saturated heterocycles. The van der Waals surface area contributed by atoms with Crippen LogP contribution in [0.2, 0.25) is 0 Å². The summed E-state index contributed by atoms with van der Waals surface area (Å²) in [6.07, 6.45) is -2.45. The van der Waals surface area contributed by atoms with Gasteiger partial charge in [0.1, 0.15) is 18.2 Å². The number of ether oxygens (including phenoxy) is 1. The van der Waals surface area contributed by atoms with E-state index in [1.807, 2.05) is 4.90 Å². The van der Waals surface area contributed by atoms with Crippen LogP contribution < -0.4 is 14.5 Å². The average molecular weight is 600 g/mol. The van der Waals surface area contributed by atoms with Gasteiger partial charge in [-0.05, 0) is 49.7 Å². The van der Waals surface area contributed by atoms with Gasteiger partial charge in [-0.1, -0.05) is 0 Å². The number of carbonyl (C=O) groups is 1. The molecule has 40 heavy (non-hydrogen) atoms. The van der Waals surface area contributed by atoms with Crippen LogP contribution >= 0.6 is 22.8 Å². The first-order chi connectivity index (χ1) is 18.9. The van der Waals surface area contributed by atoms with Crippen LogP contribution in [0.25, 0.3) is 0 Å². The first-order valence-electron chi connectivity index (χ1n) is 12.4. The molecule has 5 rings (SSSR count). The van der Waals surface area contributed by atoms with Crippen molar-refractivity contribution in [3.05, 3.63) is 47.5 Å². The zero-order valence-electron chi connectivity index (χ0n) is 21.0. The summed E-state index contributed by atoms with van der Waals surface area (Å²) in [5, 5.41) is 8.94. The number of nitrogens with zero attached hydrogens (tertiary/aromatic N) is 5. The summed E-state index contributed by atoms with van der Waals surface area (Å²) in [4.78, 5) is 21.6. The first-order valence-corrected chi connectivity index (χ1v) is 14.7. The van der Waals surface area contributed by atoms with Gasteiger partial charge in [0.25, 0.3) is 5.91 Å². The summed E-state index contributed by atoms with van der Waals surface area (Å²) in [6.45, 7) is 1.65. The van der Waals surface area contributed by atoms with Gasteiger partial charge in [-0.25, -0.2) is 9.37 Å². The van der Waals surface area contributed by atoms with E-state index in [0.29, 0.717) is 56.5 Å². The predicted octanol–water partition coefficient (Wildman–Crippen LogP) is 4.62. The third kappa shape index (κ3) is 5.10. The summed E-state index contributed by atoms with van der Waals surface area (Å²) in [6, 6.07) is 6.20. The number of alkyl halides is 3. The van der Waals surface area contributed by atoms with Crippen LogP contribution in [-0.2, 0) is 11.0 Å². The Morgan fingerprint density at radius 2 is 1.88 bits per heavy atom.